The van der Waals surface area contributed by atoms with Crippen LogP contribution in [0.3, 0.4) is 0 Å². The normalized spacial score (nSPS) is 10.2. The van der Waals surface area contributed by atoms with Gasteiger partial charge >= 0.3 is 5.97 Å². The van der Waals surface area contributed by atoms with Gasteiger partial charge in [-0.1, -0.05) is 24.3 Å². The van der Waals surface area contributed by atoms with Crippen molar-refractivity contribution in [3.8, 4) is 0 Å². The smallest absolute Gasteiger partial charge is 0.337 e. The lowest BCUT2D eigenvalue weighted by Gasteiger charge is -2.10. The van der Waals surface area contributed by atoms with Crippen LogP contribution < -0.4 is 10.6 Å². The molecule has 7 heteroatoms. The van der Waals surface area contributed by atoms with E-state index in [1.807, 2.05) is 0 Å². The number of para-hydroxylation sites is 1. The van der Waals surface area contributed by atoms with E-state index >= 15 is 0 Å². The number of hydrogen-bond acceptors (Lipinski definition) is 4. The molecule has 0 aliphatic heterocycles. The number of nitrogens with one attached hydrogen (secondary N) is 2. The van der Waals surface area contributed by atoms with Crippen molar-refractivity contribution in [2.24, 2.45) is 0 Å². The molecule has 26 heavy (non-hydrogen) atoms. The number of benzene rings is 2. The van der Waals surface area contributed by atoms with E-state index in [4.69, 9.17) is 0 Å². The summed E-state index contributed by atoms with van der Waals surface area (Å²) in [5.74, 6) is -1.85. The highest BCUT2D eigenvalue weighted by Gasteiger charge is 2.14. The molecule has 3 aromatic rings. The van der Waals surface area contributed by atoms with Crippen LogP contribution in [0.25, 0.3) is 0 Å². The number of carboxylic acids is 1. The highest BCUT2D eigenvalue weighted by atomic mass is 32.1. The van der Waals surface area contributed by atoms with E-state index in [9.17, 15) is 19.5 Å². The van der Waals surface area contributed by atoms with Gasteiger partial charge in [-0.05, 0) is 41.8 Å². The van der Waals surface area contributed by atoms with Gasteiger partial charge in [0.2, 0.25) is 0 Å². The zero-order valence-corrected chi connectivity index (χ0v) is 14.2. The third kappa shape index (κ3) is 3.96. The third-order valence-corrected chi connectivity index (χ3v) is 4.40. The fourth-order valence-corrected chi connectivity index (χ4v) is 2.93. The van der Waals surface area contributed by atoms with Crippen LogP contribution in [0.1, 0.15) is 30.4 Å². The number of rotatable bonds is 5. The Morgan fingerprint density at radius 2 is 1.65 bits per heavy atom. The first-order valence-corrected chi connectivity index (χ1v) is 8.51. The zero-order valence-electron chi connectivity index (χ0n) is 13.4. The van der Waals surface area contributed by atoms with E-state index in [0.29, 0.717) is 16.1 Å². The van der Waals surface area contributed by atoms with Crippen molar-refractivity contribution in [1.29, 1.82) is 0 Å². The molecule has 0 atom stereocenters. The zero-order chi connectivity index (χ0) is 18.5. The van der Waals surface area contributed by atoms with Crippen LogP contribution in [0.2, 0.25) is 0 Å². The van der Waals surface area contributed by atoms with Gasteiger partial charge in [-0.3, -0.25) is 9.59 Å². The molecule has 6 nitrogen and oxygen atoms in total. The summed E-state index contributed by atoms with van der Waals surface area (Å²) >= 11 is 1.32. The summed E-state index contributed by atoms with van der Waals surface area (Å²) in [5, 5.41) is 16.3. The van der Waals surface area contributed by atoms with Crippen molar-refractivity contribution in [3.63, 3.8) is 0 Å². The SMILES string of the molecule is O=C(Nc1ccccc1C(=O)O)c1cccc(NC(=O)c2cccs2)c1. The molecule has 3 rings (SSSR count). The van der Waals surface area contributed by atoms with Gasteiger partial charge in [0.25, 0.3) is 11.8 Å². The summed E-state index contributed by atoms with van der Waals surface area (Å²) in [4.78, 5) is 36.3. The Morgan fingerprint density at radius 3 is 2.38 bits per heavy atom. The Balaban J connectivity index is 1.77. The van der Waals surface area contributed by atoms with E-state index in [2.05, 4.69) is 10.6 Å². The highest BCUT2D eigenvalue weighted by Crippen LogP contribution is 2.18. The summed E-state index contributed by atoms with van der Waals surface area (Å²) in [5.41, 5.74) is 0.984. The fourth-order valence-electron chi connectivity index (χ4n) is 2.31. The standard InChI is InChI=1S/C19H14N2O4S/c22-17(21-15-8-2-1-7-14(15)19(24)25)12-5-3-6-13(11-12)20-18(23)16-9-4-10-26-16/h1-11H,(H,20,23)(H,21,22)(H,24,25). The van der Waals surface area contributed by atoms with Gasteiger partial charge in [-0.2, -0.15) is 0 Å². The molecule has 0 aliphatic rings. The van der Waals surface area contributed by atoms with Crippen molar-refractivity contribution in [2.45, 2.75) is 0 Å². The summed E-state index contributed by atoms with van der Waals surface area (Å²) in [6.45, 7) is 0. The van der Waals surface area contributed by atoms with Crippen molar-refractivity contribution in [3.05, 3.63) is 82.0 Å². The summed E-state index contributed by atoms with van der Waals surface area (Å²) in [7, 11) is 0. The van der Waals surface area contributed by atoms with Crippen molar-refractivity contribution < 1.29 is 19.5 Å². The van der Waals surface area contributed by atoms with E-state index in [-0.39, 0.29) is 17.2 Å². The topological polar surface area (TPSA) is 95.5 Å². The van der Waals surface area contributed by atoms with Gasteiger partial charge in [-0.25, -0.2) is 4.79 Å². The Labute approximate surface area is 153 Å². The summed E-state index contributed by atoms with van der Waals surface area (Å²) in [6.07, 6.45) is 0. The molecule has 0 spiro atoms. The fraction of sp³-hybridized carbons (Fsp3) is 0. The molecular weight excluding hydrogens is 352 g/mol. The molecule has 0 radical (unpaired) electrons. The number of carbonyl (C=O) groups excluding carboxylic acids is 2. The van der Waals surface area contributed by atoms with E-state index in [1.165, 1.54) is 29.5 Å². The minimum atomic E-state index is -1.13. The first-order chi connectivity index (χ1) is 12.5. The van der Waals surface area contributed by atoms with Crippen molar-refractivity contribution in [2.75, 3.05) is 10.6 Å². The van der Waals surface area contributed by atoms with E-state index < -0.39 is 11.9 Å². The average molecular weight is 366 g/mol. The van der Waals surface area contributed by atoms with E-state index in [1.54, 1.807) is 47.8 Å². The molecule has 1 aromatic heterocycles. The molecule has 1 heterocycles. The molecule has 0 saturated carbocycles. The van der Waals surface area contributed by atoms with Crippen LogP contribution in [0.4, 0.5) is 11.4 Å². The second-order valence-electron chi connectivity index (χ2n) is 5.32. The van der Waals surface area contributed by atoms with Gasteiger partial charge in [0.15, 0.2) is 0 Å². The lowest BCUT2D eigenvalue weighted by atomic mass is 10.1. The second kappa shape index (κ2) is 7.62. The minimum absolute atomic E-state index is 0.00278. The van der Waals surface area contributed by atoms with Crippen LogP contribution in [0, 0.1) is 0 Å². The van der Waals surface area contributed by atoms with E-state index in [0.717, 1.165) is 0 Å². The minimum Gasteiger partial charge on any atom is -0.478 e. The predicted octanol–water partition coefficient (Wildman–Crippen LogP) is 3.95. The Morgan fingerprint density at radius 1 is 0.846 bits per heavy atom. The van der Waals surface area contributed by atoms with Gasteiger partial charge in [-0.15, -0.1) is 11.3 Å². The summed E-state index contributed by atoms with van der Waals surface area (Å²) in [6, 6.07) is 16.1. The number of carboxylic acid groups (broad SMARTS) is 1. The van der Waals surface area contributed by atoms with Crippen LogP contribution in [-0.4, -0.2) is 22.9 Å². The van der Waals surface area contributed by atoms with Crippen LogP contribution in [0.15, 0.2) is 66.0 Å². The molecular formula is C19H14N2O4S. The van der Waals surface area contributed by atoms with Gasteiger partial charge in [0.05, 0.1) is 16.1 Å². The number of carbonyl (C=O) groups is 3. The first kappa shape index (κ1) is 17.4. The monoisotopic (exact) mass is 366 g/mol. The highest BCUT2D eigenvalue weighted by molar-refractivity contribution is 7.12. The van der Waals surface area contributed by atoms with Gasteiger partial charge in [0, 0.05) is 11.3 Å². The lowest BCUT2D eigenvalue weighted by Crippen LogP contribution is -2.15. The number of anilines is 2. The molecule has 130 valence electrons. The third-order valence-electron chi connectivity index (χ3n) is 3.53. The molecule has 2 amide bonds. The molecule has 0 aliphatic carbocycles. The first-order valence-electron chi connectivity index (χ1n) is 7.63. The Kier molecular flexibility index (Phi) is 5.09. The van der Waals surface area contributed by atoms with Gasteiger partial charge < -0.3 is 15.7 Å². The Bertz CT molecular complexity index is 967. The lowest BCUT2D eigenvalue weighted by molar-refractivity contribution is 0.0697. The molecule has 2 aromatic carbocycles. The van der Waals surface area contributed by atoms with Crippen LogP contribution in [-0.2, 0) is 0 Å². The van der Waals surface area contributed by atoms with Crippen molar-refractivity contribution >= 4 is 40.5 Å². The predicted molar refractivity (Wildman–Crippen MR) is 100 cm³/mol. The number of aromatic carboxylic acids is 1. The summed E-state index contributed by atoms with van der Waals surface area (Å²) < 4.78 is 0. The second-order valence-corrected chi connectivity index (χ2v) is 6.26. The maximum absolute atomic E-state index is 12.4. The van der Waals surface area contributed by atoms with Crippen LogP contribution >= 0.6 is 11.3 Å². The molecule has 0 fully saturated rings. The van der Waals surface area contributed by atoms with Crippen LogP contribution in [0.5, 0.6) is 0 Å². The average Bonchev–Trinajstić information content (AvgIpc) is 3.17. The quantitative estimate of drug-likeness (QED) is 0.637. The largest absolute Gasteiger partial charge is 0.478 e. The number of hydrogen-bond donors (Lipinski definition) is 3. The number of thiophene rings is 1. The maximum atomic E-state index is 12.4. The maximum Gasteiger partial charge on any atom is 0.337 e. The van der Waals surface area contributed by atoms with Gasteiger partial charge in [0.1, 0.15) is 0 Å². The molecule has 0 unspecified atom stereocenters. The molecule has 3 N–H and O–H groups in total. The van der Waals surface area contributed by atoms with Crippen molar-refractivity contribution in [1.82, 2.24) is 0 Å². The molecule has 0 bridgehead atoms. The molecule has 0 saturated heterocycles. The Hall–Kier alpha value is -3.45. The number of amides is 2.